The SMILES string of the molecule is COC(=O)N1C(=S)SC(c2ccc3c(c2)OCO3)N1C(=O)OC. The zero-order valence-corrected chi connectivity index (χ0v) is 13.8. The van der Waals surface area contributed by atoms with E-state index in [1.54, 1.807) is 18.2 Å². The van der Waals surface area contributed by atoms with Crippen LogP contribution in [-0.4, -0.2) is 47.5 Å². The summed E-state index contributed by atoms with van der Waals surface area (Å²) in [6, 6.07) is 5.24. The summed E-state index contributed by atoms with van der Waals surface area (Å²) in [5.74, 6) is 1.18. The molecule has 3 rings (SSSR count). The van der Waals surface area contributed by atoms with Crippen LogP contribution in [0.3, 0.4) is 0 Å². The Hall–Kier alpha value is -2.20. The van der Waals surface area contributed by atoms with Crippen molar-refractivity contribution in [3.63, 3.8) is 0 Å². The third kappa shape index (κ3) is 2.63. The van der Waals surface area contributed by atoms with Gasteiger partial charge in [-0.2, -0.15) is 10.0 Å². The van der Waals surface area contributed by atoms with E-state index in [1.165, 1.54) is 14.2 Å². The second kappa shape index (κ2) is 6.13. The van der Waals surface area contributed by atoms with Crippen molar-refractivity contribution in [2.45, 2.75) is 5.37 Å². The van der Waals surface area contributed by atoms with Crippen molar-refractivity contribution in [2.75, 3.05) is 21.0 Å². The van der Waals surface area contributed by atoms with Crippen LogP contribution in [0.2, 0.25) is 0 Å². The average Bonchev–Trinajstić information content (AvgIpc) is 3.16. The van der Waals surface area contributed by atoms with E-state index in [9.17, 15) is 9.59 Å². The number of thioether (sulfide) groups is 1. The number of carbonyl (C=O) groups excluding carboxylic acids is 2. The van der Waals surface area contributed by atoms with Gasteiger partial charge in [0.05, 0.1) is 14.2 Å². The Morgan fingerprint density at radius 1 is 1.22 bits per heavy atom. The molecule has 0 radical (unpaired) electrons. The first-order valence-corrected chi connectivity index (χ1v) is 7.71. The molecule has 0 aromatic heterocycles. The maximum atomic E-state index is 12.1. The van der Waals surface area contributed by atoms with Crippen LogP contribution in [0.25, 0.3) is 0 Å². The van der Waals surface area contributed by atoms with Gasteiger partial charge in [-0.15, -0.1) is 0 Å². The van der Waals surface area contributed by atoms with Crippen molar-refractivity contribution in [2.24, 2.45) is 0 Å². The van der Waals surface area contributed by atoms with Crippen molar-refractivity contribution in [1.82, 2.24) is 10.0 Å². The maximum Gasteiger partial charge on any atom is 0.434 e. The van der Waals surface area contributed by atoms with Crippen LogP contribution in [0, 0.1) is 0 Å². The van der Waals surface area contributed by atoms with Gasteiger partial charge in [0.15, 0.2) is 15.8 Å². The molecule has 2 aliphatic rings. The molecule has 1 aromatic rings. The van der Waals surface area contributed by atoms with Crippen LogP contribution >= 0.6 is 24.0 Å². The van der Waals surface area contributed by atoms with E-state index < -0.39 is 17.6 Å². The molecule has 1 atom stereocenters. The number of nitrogens with zero attached hydrogens (tertiary/aromatic N) is 2. The lowest BCUT2D eigenvalue weighted by Gasteiger charge is -2.27. The van der Waals surface area contributed by atoms with E-state index in [0.717, 1.165) is 21.8 Å². The fraction of sp³-hybridized carbons (Fsp3) is 0.308. The monoisotopic (exact) mass is 356 g/mol. The molecule has 0 aliphatic carbocycles. The largest absolute Gasteiger partial charge is 0.454 e. The van der Waals surface area contributed by atoms with Gasteiger partial charge >= 0.3 is 12.2 Å². The van der Waals surface area contributed by atoms with Gasteiger partial charge in [-0.25, -0.2) is 9.59 Å². The van der Waals surface area contributed by atoms with Crippen LogP contribution in [0.5, 0.6) is 11.5 Å². The number of thiocarbonyl (C=S) groups is 1. The van der Waals surface area contributed by atoms with Gasteiger partial charge in [0, 0.05) is 0 Å². The number of amides is 2. The highest BCUT2D eigenvalue weighted by Gasteiger charge is 2.45. The van der Waals surface area contributed by atoms with E-state index in [2.05, 4.69) is 4.74 Å². The minimum atomic E-state index is -0.767. The van der Waals surface area contributed by atoms with Crippen molar-refractivity contribution < 1.29 is 28.5 Å². The van der Waals surface area contributed by atoms with Gasteiger partial charge in [0.2, 0.25) is 6.79 Å². The van der Waals surface area contributed by atoms with E-state index in [4.69, 9.17) is 26.4 Å². The smallest absolute Gasteiger partial charge is 0.434 e. The lowest BCUT2D eigenvalue weighted by atomic mass is 10.2. The Balaban J connectivity index is 1.98. The number of hydrazine groups is 1. The van der Waals surface area contributed by atoms with Crippen LogP contribution in [0.4, 0.5) is 9.59 Å². The molecular formula is C13H12N2O6S2. The molecule has 2 aliphatic heterocycles. The molecule has 0 N–H and O–H groups in total. The van der Waals surface area contributed by atoms with Gasteiger partial charge in [0.25, 0.3) is 0 Å². The van der Waals surface area contributed by atoms with Crippen molar-refractivity contribution >= 4 is 40.5 Å². The molecule has 1 fully saturated rings. The fourth-order valence-electron chi connectivity index (χ4n) is 2.18. The lowest BCUT2D eigenvalue weighted by Crippen LogP contribution is -2.47. The van der Waals surface area contributed by atoms with Crippen LogP contribution in [0.15, 0.2) is 18.2 Å². The Bertz CT molecular complexity index is 682. The normalized spacial score (nSPS) is 19.0. The highest BCUT2D eigenvalue weighted by atomic mass is 32.2. The predicted octanol–water partition coefficient (Wildman–Crippen LogP) is 2.50. The average molecular weight is 356 g/mol. The van der Waals surface area contributed by atoms with Crippen LogP contribution < -0.4 is 9.47 Å². The Kier molecular flexibility index (Phi) is 4.18. The highest BCUT2D eigenvalue weighted by molar-refractivity contribution is 8.23. The zero-order valence-electron chi connectivity index (χ0n) is 12.2. The molecule has 122 valence electrons. The molecule has 8 nitrogen and oxygen atoms in total. The number of rotatable bonds is 1. The third-order valence-electron chi connectivity index (χ3n) is 3.21. The first kappa shape index (κ1) is 15.7. The van der Waals surface area contributed by atoms with E-state index in [1.807, 2.05) is 0 Å². The third-order valence-corrected chi connectivity index (χ3v) is 4.75. The van der Waals surface area contributed by atoms with Crippen LogP contribution in [0.1, 0.15) is 10.9 Å². The molecular weight excluding hydrogens is 344 g/mol. The molecule has 1 saturated heterocycles. The second-order valence-electron chi connectivity index (χ2n) is 4.45. The number of carbonyl (C=O) groups is 2. The lowest BCUT2D eigenvalue weighted by molar-refractivity contribution is 0.0304. The molecule has 23 heavy (non-hydrogen) atoms. The first-order valence-electron chi connectivity index (χ1n) is 6.42. The summed E-state index contributed by atoms with van der Waals surface area (Å²) in [7, 11) is 2.43. The summed E-state index contributed by atoms with van der Waals surface area (Å²) in [5.41, 5.74) is 0.707. The molecule has 2 heterocycles. The van der Waals surface area contributed by atoms with Crippen molar-refractivity contribution in [1.29, 1.82) is 0 Å². The van der Waals surface area contributed by atoms with Gasteiger partial charge in [-0.05, 0) is 17.7 Å². The number of hydrogen-bond acceptors (Lipinski definition) is 8. The summed E-state index contributed by atoms with van der Waals surface area (Å²) in [4.78, 5) is 24.1. The molecule has 0 saturated carbocycles. The minimum Gasteiger partial charge on any atom is -0.454 e. The van der Waals surface area contributed by atoms with Crippen molar-refractivity contribution in [3.8, 4) is 11.5 Å². The Labute approximate surface area is 141 Å². The number of ether oxygens (including phenoxy) is 4. The number of fused-ring (bicyclic) bond motifs is 1. The predicted molar refractivity (Wildman–Crippen MR) is 84.0 cm³/mol. The summed E-state index contributed by atoms with van der Waals surface area (Å²) >= 11 is 6.34. The first-order chi connectivity index (χ1) is 11.1. The van der Waals surface area contributed by atoms with Gasteiger partial charge < -0.3 is 18.9 Å². The van der Waals surface area contributed by atoms with E-state index in [-0.39, 0.29) is 11.1 Å². The molecule has 2 amide bonds. The molecule has 0 bridgehead atoms. The minimum absolute atomic E-state index is 0.143. The standard InChI is InChI=1S/C13H12N2O6S2/c1-18-11(16)14-10(23-13(22)15(14)12(17)19-2)7-3-4-8-9(5-7)21-6-20-8/h3-5,10H,6H2,1-2H3. The maximum absolute atomic E-state index is 12.1. The van der Waals surface area contributed by atoms with Gasteiger partial charge in [-0.1, -0.05) is 30.0 Å². The summed E-state index contributed by atoms with van der Waals surface area (Å²) in [6.07, 6.45) is -1.50. The Morgan fingerprint density at radius 3 is 2.61 bits per heavy atom. The molecule has 1 aromatic carbocycles. The fourth-order valence-corrected chi connectivity index (χ4v) is 3.64. The zero-order chi connectivity index (χ0) is 16.6. The molecule has 10 heteroatoms. The summed E-state index contributed by atoms with van der Waals surface area (Å²) < 4.78 is 20.2. The topological polar surface area (TPSA) is 77.5 Å². The Morgan fingerprint density at radius 2 is 1.91 bits per heavy atom. The second-order valence-corrected chi connectivity index (χ2v) is 6.16. The number of methoxy groups -OCH3 is 2. The number of hydrogen-bond donors (Lipinski definition) is 0. The molecule has 1 unspecified atom stereocenters. The van der Waals surface area contributed by atoms with E-state index >= 15 is 0 Å². The number of benzene rings is 1. The van der Waals surface area contributed by atoms with Gasteiger partial charge in [0.1, 0.15) is 5.37 Å². The quantitative estimate of drug-likeness (QED) is 0.710. The van der Waals surface area contributed by atoms with E-state index in [0.29, 0.717) is 17.1 Å². The molecule has 0 spiro atoms. The summed E-state index contributed by atoms with van der Waals surface area (Å²) in [6.45, 7) is 0.143. The van der Waals surface area contributed by atoms with Gasteiger partial charge in [-0.3, -0.25) is 0 Å². The van der Waals surface area contributed by atoms with Crippen molar-refractivity contribution in [3.05, 3.63) is 23.8 Å². The highest BCUT2D eigenvalue weighted by Crippen LogP contribution is 2.45. The van der Waals surface area contributed by atoms with Crippen LogP contribution in [-0.2, 0) is 9.47 Å². The summed E-state index contributed by atoms with van der Waals surface area (Å²) in [5, 5.41) is 1.50.